The zero-order chi connectivity index (χ0) is 18.5. The van der Waals surface area contributed by atoms with E-state index in [2.05, 4.69) is 18.0 Å². The standard InChI is InChI=1S/C22H21N3O/c1-3-5-21(24)20-10-15(2)25-22-12-18(8-9-19(20)22)26-14-17-7-4-6-16(11-17)13-23/h4,6-12,24H,3,5,14H2,1-2H3. The van der Waals surface area contributed by atoms with Crippen LogP contribution in [0.15, 0.2) is 48.5 Å². The van der Waals surface area contributed by atoms with E-state index in [1.165, 1.54) is 0 Å². The fraction of sp³-hybridized carbons (Fsp3) is 0.227. The lowest BCUT2D eigenvalue weighted by Crippen LogP contribution is -2.02. The molecule has 3 aromatic rings. The fourth-order valence-corrected chi connectivity index (χ4v) is 2.96. The Labute approximate surface area is 153 Å². The van der Waals surface area contributed by atoms with Crippen molar-refractivity contribution in [2.24, 2.45) is 0 Å². The molecule has 4 heteroatoms. The van der Waals surface area contributed by atoms with E-state index in [0.29, 0.717) is 17.9 Å². The van der Waals surface area contributed by atoms with Gasteiger partial charge >= 0.3 is 0 Å². The van der Waals surface area contributed by atoms with Crippen LogP contribution in [0.5, 0.6) is 5.75 Å². The summed E-state index contributed by atoms with van der Waals surface area (Å²) in [6.45, 7) is 4.42. The monoisotopic (exact) mass is 343 g/mol. The van der Waals surface area contributed by atoms with E-state index >= 15 is 0 Å². The molecule has 0 aliphatic rings. The maximum Gasteiger partial charge on any atom is 0.122 e. The highest BCUT2D eigenvalue weighted by atomic mass is 16.5. The summed E-state index contributed by atoms with van der Waals surface area (Å²) in [4.78, 5) is 4.60. The van der Waals surface area contributed by atoms with Crippen molar-refractivity contribution in [3.05, 3.63) is 70.9 Å². The number of ether oxygens (including phenoxy) is 1. The molecule has 0 fully saturated rings. The Morgan fingerprint density at radius 3 is 2.81 bits per heavy atom. The van der Waals surface area contributed by atoms with Gasteiger partial charge in [-0.05, 0) is 49.2 Å². The summed E-state index contributed by atoms with van der Waals surface area (Å²) < 4.78 is 5.88. The van der Waals surface area contributed by atoms with Crippen LogP contribution in [0.4, 0.5) is 0 Å². The van der Waals surface area contributed by atoms with Gasteiger partial charge in [0.15, 0.2) is 0 Å². The van der Waals surface area contributed by atoms with Crippen LogP contribution >= 0.6 is 0 Å². The molecule has 0 spiro atoms. The van der Waals surface area contributed by atoms with Crippen molar-refractivity contribution >= 4 is 16.6 Å². The maximum atomic E-state index is 8.98. The molecule has 0 amide bonds. The van der Waals surface area contributed by atoms with E-state index in [4.69, 9.17) is 15.4 Å². The SMILES string of the molecule is CCCC(=N)c1cc(C)nc2cc(OCc3cccc(C#N)c3)ccc12. The number of nitrogens with one attached hydrogen (secondary N) is 1. The molecule has 1 aromatic heterocycles. The van der Waals surface area contributed by atoms with Crippen LogP contribution in [0.25, 0.3) is 10.9 Å². The molecule has 0 atom stereocenters. The second kappa shape index (κ2) is 7.79. The van der Waals surface area contributed by atoms with Gasteiger partial charge in [0.25, 0.3) is 0 Å². The summed E-state index contributed by atoms with van der Waals surface area (Å²) >= 11 is 0. The first-order valence-corrected chi connectivity index (χ1v) is 8.71. The summed E-state index contributed by atoms with van der Waals surface area (Å²) in [7, 11) is 0. The molecule has 1 N–H and O–H groups in total. The van der Waals surface area contributed by atoms with Crippen LogP contribution < -0.4 is 4.74 Å². The van der Waals surface area contributed by atoms with Gasteiger partial charge in [-0.2, -0.15) is 5.26 Å². The largest absolute Gasteiger partial charge is 0.489 e. The topological polar surface area (TPSA) is 69.8 Å². The fourth-order valence-electron chi connectivity index (χ4n) is 2.96. The first-order chi connectivity index (χ1) is 12.6. The molecular weight excluding hydrogens is 322 g/mol. The number of nitriles is 1. The summed E-state index contributed by atoms with van der Waals surface area (Å²) in [6.07, 6.45) is 1.71. The Balaban J connectivity index is 1.87. The number of pyridine rings is 1. The summed E-state index contributed by atoms with van der Waals surface area (Å²) in [5.74, 6) is 0.728. The molecular formula is C22H21N3O. The number of fused-ring (bicyclic) bond motifs is 1. The molecule has 0 saturated carbocycles. The predicted molar refractivity (Wildman–Crippen MR) is 104 cm³/mol. The molecule has 4 nitrogen and oxygen atoms in total. The van der Waals surface area contributed by atoms with Crippen molar-refractivity contribution in [3.8, 4) is 11.8 Å². The lowest BCUT2D eigenvalue weighted by Gasteiger charge is -2.11. The van der Waals surface area contributed by atoms with Crippen molar-refractivity contribution in [1.82, 2.24) is 4.98 Å². The van der Waals surface area contributed by atoms with Gasteiger partial charge in [0.05, 0.1) is 17.1 Å². The molecule has 130 valence electrons. The normalized spacial score (nSPS) is 10.5. The first-order valence-electron chi connectivity index (χ1n) is 8.71. The molecule has 0 aliphatic carbocycles. The molecule has 2 aromatic carbocycles. The Hall–Kier alpha value is -3.19. The highest BCUT2D eigenvalue weighted by molar-refractivity contribution is 6.08. The Morgan fingerprint density at radius 1 is 1.19 bits per heavy atom. The van der Waals surface area contributed by atoms with Crippen LogP contribution in [0.2, 0.25) is 0 Å². The highest BCUT2D eigenvalue weighted by Crippen LogP contribution is 2.25. The average Bonchev–Trinajstić information content (AvgIpc) is 2.65. The minimum atomic E-state index is 0.394. The van der Waals surface area contributed by atoms with Crippen molar-refractivity contribution in [1.29, 1.82) is 10.7 Å². The van der Waals surface area contributed by atoms with E-state index < -0.39 is 0 Å². The van der Waals surface area contributed by atoms with Crippen LogP contribution in [-0.4, -0.2) is 10.7 Å². The maximum absolute atomic E-state index is 8.98. The molecule has 26 heavy (non-hydrogen) atoms. The van der Waals surface area contributed by atoms with Crippen molar-refractivity contribution in [2.75, 3.05) is 0 Å². The van der Waals surface area contributed by atoms with Crippen molar-refractivity contribution in [3.63, 3.8) is 0 Å². The average molecular weight is 343 g/mol. The zero-order valence-electron chi connectivity index (χ0n) is 15.0. The van der Waals surface area contributed by atoms with Gasteiger partial charge in [-0.3, -0.25) is 4.98 Å². The molecule has 0 aliphatic heterocycles. The number of hydrogen-bond acceptors (Lipinski definition) is 4. The van der Waals surface area contributed by atoms with Gasteiger partial charge in [-0.15, -0.1) is 0 Å². The number of hydrogen-bond donors (Lipinski definition) is 1. The van der Waals surface area contributed by atoms with E-state index in [9.17, 15) is 0 Å². The molecule has 1 heterocycles. The smallest absolute Gasteiger partial charge is 0.122 e. The second-order valence-electron chi connectivity index (χ2n) is 6.32. The minimum absolute atomic E-state index is 0.394. The highest BCUT2D eigenvalue weighted by Gasteiger charge is 2.10. The Bertz CT molecular complexity index is 1000. The third-order valence-electron chi connectivity index (χ3n) is 4.20. The number of aromatic nitrogens is 1. The summed E-state index contributed by atoms with van der Waals surface area (Å²) in [5, 5.41) is 18.3. The summed E-state index contributed by atoms with van der Waals surface area (Å²) in [6, 6.07) is 17.3. The van der Waals surface area contributed by atoms with Gasteiger partial charge in [0.2, 0.25) is 0 Å². The zero-order valence-corrected chi connectivity index (χ0v) is 15.0. The number of nitrogens with zero attached hydrogens (tertiary/aromatic N) is 2. The van der Waals surface area contributed by atoms with Gasteiger partial charge in [-0.1, -0.05) is 25.5 Å². The second-order valence-corrected chi connectivity index (χ2v) is 6.32. The lowest BCUT2D eigenvalue weighted by atomic mass is 10.0. The lowest BCUT2D eigenvalue weighted by molar-refractivity contribution is 0.306. The molecule has 0 radical (unpaired) electrons. The van der Waals surface area contributed by atoms with E-state index in [1.54, 1.807) is 6.07 Å². The number of aryl methyl sites for hydroxylation is 1. The van der Waals surface area contributed by atoms with Gasteiger partial charge in [0, 0.05) is 28.4 Å². The van der Waals surface area contributed by atoms with Crippen LogP contribution in [0.1, 0.15) is 42.1 Å². The van der Waals surface area contributed by atoms with Gasteiger partial charge in [0.1, 0.15) is 12.4 Å². The molecule has 0 unspecified atom stereocenters. The minimum Gasteiger partial charge on any atom is -0.489 e. The number of benzene rings is 2. The first kappa shape index (κ1) is 17.6. The van der Waals surface area contributed by atoms with Crippen LogP contribution in [0.3, 0.4) is 0 Å². The van der Waals surface area contributed by atoms with E-state index in [0.717, 1.165) is 46.3 Å². The Kier molecular flexibility index (Phi) is 5.28. The van der Waals surface area contributed by atoms with Crippen molar-refractivity contribution in [2.45, 2.75) is 33.3 Å². The Morgan fingerprint density at radius 2 is 2.04 bits per heavy atom. The van der Waals surface area contributed by atoms with Gasteiger partial charge < -0.3 is 10.1 Å². The van der Waals surface area contributed by atoms with Crippen molar-refractivity contribution < 1.29 is 4.74 Å². The van der Waals surface area contributed by atoms with Crippen LogP contribution in [0, 0.1) is 23.7 Å². The van der Waals surface area contributed by atoms with Gasteiger partial charge in [-0.25, -0.2) is 0 Å². The number of rotatable bonds is 6. The third-order valence-corrected chi connectivity index (χ3v) is 4.20. The quantitative estimate of drug-likeness (QED) is 0.628. The third kappa shape index (κ3) is 3.89. The molecule has 0 bridgehead atoms. The molecule has 3 rings (SSSR count). The van der Waals surface area contributed by atoms with E-state index in [-0.39, 0.29) is 0 Å². The summed E-state index contributed by atoms with van der Waals surface area (Å²) in [5.41, 5.74) is 4.90. The van der Waals surface area contributed by atoms with Crippen LogP contribution in [-0.2, 0) is 6.61 Å². The predicted octanol–water partition coefficient (Wildman–Crippen LogP) is 5.16. The van der Waals surface area contributed by atoms with E-state index in [1.807, 2.05) is 49.4 Å². The molecule has 0 saturated heterocycles.